The van der Waals surface area contributed by atoms with Crippen LogP contribution < -0.4 is 4.74 Å². The summed E-state index contributed by atoms with van der Waals surface area (Å²) in [4.78, 5) is 22.8. The number of allylic oxidation sites excluding steroid dienone is 1. The fourth-order valence-electron chi connectivity index (χ4n) is 2.89. The van der Waals surface area contributed by atoms with Crippen LogP contribution in [0.25, 0.3) is 5.57 Å². The van der Waals surface area contributed by atoms with Crippen LogP contribution in [0.1, 0.15) is 25.0 Å². The number of nitro benzene ring substituents is 1. The van der Waals surface area contributed by atoms with Gasteiger partial charge in [0.05, 0.1) is 4.92 Å². The average molecular weight is 309 g/mol. The molecular weight excluding hydrogens is 294 g/mol. The lowest BCUT2D eigenvalue weighted by atomic mass is 9.85. The largest absolute Gasteiger partial charge is 0.426 e. The molecule has 0 saturated carbocycles. The molecule has 0 amide bonds. The summed E-state index contributed by atoms with van der Waals surface area (Å²) in [6, 6.07) is 13.2. The quantitative estimate of drug-likeness (QED) is 0.373. The summed E-state index contributed by atoms with van der Waals surface area (Å²) in [6.45, 7) is 3.78. The maximum absolute atomic E-state index is 12.7. The lowest BCUT2D eigenvalue weighted by molar-refractivity contribution is -0.384. The van der Waals surface area contributed by atoms with Gasteiger partial charge in [-0.05, 0) is 42.7 Å². The Labute approximate surface area is 133 Å². The Kier molecular flexibility index (Phi) is 3.48. The molecule has 0 bridgehead atoms. The number of nitrogens with zero attached hydrogens (tertiary/aromatic N) is 1. The second kappa shape index (κ2) is 5.35. The number of nitro groups is 1. The number of rotatable bonds is 3. The van der Waals surface area contributed by atoms with E-state index in [1.165, 1.54) is 24.3 Å². The van der Waals surface area contributed by atoms with E-state index in [9.17, 15) is 14.9 Å². The Balaban J connectivity index is 1.88. The van der Waals surface area contributed by atoms with Gasteiger partial charge in [-0.3, -0.25) is 14.9 Å². The maximum Gasteiger partial charge on any atom is 0.325 e. The number of benzene rings is 2. The molecule has 0 aliphatic heterocycles. The van der Waals surface area contributed by atoms with Crippen LogP contribution in [0.5, 0.6) is 5.75 Å². The Bertz CT molecular complexity index is 823. The van der Waals surface area contributed by atoms with Gasteiger partial charge in [-0.15, -0.1) is 0 Å². The lowest BCUT2D eigenvalue weighted by Gasteiger charge is -2.21. The summed E-state index contributed by atoms with van der Waals surface area (Å²) >= 11 is 0. The first-order chi connectivity index (χ1) is 10.9. The summed E-state index contributed by atoms with van der Waals surface area (Å²) in [6.07, 6.45) is 1.89. The molecule has 1 aliphatic rings. The van der Waals surface area contributed by atoms with E-state index in [1.807, 2.05) is 44.2 Å². The minimum Gasteiger partial charge on any atom is -0.426 e. The number of hydrogen-bond donors (Lipinski definition) is 0. The molecule has 0 spiro atoms. The van der Waals surface area contributed by atoms with E-state index < -0.39 is 16.3 Å². The van der Waals surface area contributed by atoms with Gasteiger partial charge in [0.15, 0.2) is 0 Å². The van der Waals surface area contributed by atoms with Crippen molar-refractivity contribution < 1.29 is 14.5 Å². The first kappa shape index (κ1) is 15.0. The summed E-state index contributed by atoms with van der Waals surface area (Å²) in [5.41, 5.74) is 2.07. The molecule has 116 valence electrons. The summed E-state index contributed by atoms with van der Waals surface area (Å²) in [5, 5.41) is 10.7. The van der Waals surface area contributed by atoms with E-state index >= 15 is 0 Å². The zero-order valence-corrected chi connectivity index (χ0v) is 12.8. The Morgan fingerprint density at radius 2 is 1.78 bits per heavy atom. The third kappa shape index (κ3) is 2.50. The van der Waals surface area contributed by atoms with Crippen LogP contribution in [0.2, 0.25) is 0 Å². The molecule has 5 nitrogen and oxygen atoms in total. The zero-order chi connectivity index (χ0) is 16.6. The van der Waals surface area contributed by atoms with Crippen molar-refractivity contribution in [2.45, 2.75) is 19.3 Å². The van der Waals surface area contributed by atoms with E-state index in [0.717, 1.165) is 16.7 Å². The van der Waals surface area contributed by atoms with Gasteiger partial charge in [0.1, 0.15) is 11.2 Å². The van der Waals surface area contributed by atoms with Crippen LogP contribution in [0.4, 0.5) is 5.69 Å². The highest BCUT2D eigenvalue weighted by molar-refractivity contribution is 5.94. The number of carbonyl (C=O) groups excluding carboxylic acids is 1. The Morgan fingerprint density at radius 1 is 1.13 bits per heavy atom. The molecule has 0 saturated heterocycles. The second-order valence-electron chi connectivity index (χ2n) is 5.72. The van der Waals surface area contributed by atoms with Gasteiger partial charge in [0.2, 0.25) is 0 Å². The van der Waals surface area contributed by atoms with Gasteiger partial charge in [0, 0.05) is 12.1 Å². The first-order valence-electron chi connectivity index (χ1n) is 7.18. The second-order valence-corrected chi connectivity index (χ2v) is 5.72. The van der Waals surface area contributed by atoms with Gasteiger partial charge >= 0.3 is 5.97 Å². The third-order valence-corrected chi connectivity index (χ3v) is 4.10. The van der Waals surface area contributed by atoms with Gasteiger partial charge in [0.25, 0.3) is 5.69 Å². The number of carbonyl (C=O) groups is 1. The van der Waals surface area contributed by atoms with Crippen LogP contribution in [-0.4, -0.2) is 10.9 Å². The summed E-state index contributed by atoms with van der Waals surface area (Å²) in [5.74, 6) is -0.118. The minimum absolute atomic E-state index is 0.0436. The molecule has 5 heteroatoms. The van der Waals surface area contributed by atoms with Gasteiger partial charge < -0.3 is 4.74 Å². The smallest absolute Gasteiger partial charge is 0.325 e. The molecule has 1 unspecified atom stereocenters. The third-order valence-electron chi connectivity index (χ3n) is 4.10. The normalized spacial score (nSPS) is 19.0. The van der Waals surface area contributed by atoms with E-state index in [0.29, 0.717) is 0 Å². The number of ether oxygens (including phenoxy) is 1. The highest BCUT2D eigenvalue weighted by Gasteiger charge is 2.41. The molecule has 2 aromatic rings. The topological polar surface area (TPSA) is 69.4 Å². The fraction of sp³-hybridized carbons (Fsp3) is 0.167. The highest BCUT2D eigenvalue weighted by Crippen LogP contribution is 2.41. The van der Waals surface area contributed by atoms with Crippen molar-refractivity contribution in [3.8, 4) is 5.75 Å². The van der Waals surface area contributed by atoms with Crippen molar-refractivity contribution in [2.24, 2.45) is 0 Å². The van der Waals surface area contributed by atoms with Crippen LogP contribution >= 0.6 is 0 Å². The number of fused-ring (bicyclic) bond motifs is 1. The predicted octanol–water partition coefficient (Wildman–Crippen LogP) is 3.88. The highest BCUT2D eigenvalue weighted by atomic mass is 16.6. The number of hydrogen-bond acceptors (Lipinski definition) is 4. The monoisotopic (exact) mass is 309 g/mol. The van der Waals surface area contributed by atoms with Crippen LogP contribution in [0.3, 0.4) is 0 Å². The van der Waals surface area contributed by atoms with Crippen molar-refractivity contribution in [2.75, 3.05) is 0 Å². The van der Waals surface area contributed by atoms with Crippen LogP contribution in [-0.2, 0) is 10.2 Å². The molecule has 0 radical (unpaired) electrons. The Hall–Kier alpha value is -2.95. The first-order valence-corrected chi connectivity index (χ1v) is 7.18. The zero-order valence-electron chi connectivity index (χ0n) is 12.8. The SMILES string of the molecule is CC1=CC(C)(C(=O)Oc2ccc([N+](=O)[O-])cc2)c2ccccc21. The molecule has 0 fully saturated rings. The lowest BCUT2D eigenvalue weighted by Crippen LogP contribution is -2.33. The maximum atomic E-state index is 12.7. The molecule has 0 N–H and O–H groups in total. The van der Waals surface area contributed by atoms with Crippen LogP contribution in [0.15, 0.2) is 54.6 Å². The van der Waals surface area contributed by atoms with Crippen molar-refractivity contribution in [1.82, 2.24) is 0 Å². The van der Waals surface area contributed by atoms with Crippen molar-refractivity contribution in [1.29, 1.82) is 0 Å². The van der Waals surface area contributed by atoms with Gasteiger partial charge in [-0.1, -0.05) is 30.3 Å². The van der Waals surface area contributed by atoms with Crippen LogP contribution in [0, 0.1) is 10.1 Å². The Morgan fingerprint density at radius 3 is 2.43 bits per heavy atom. The summed E-state index contributed by atoms with van der Waals surface area (Å²) in [7, 11) is 0. The van der Waals surface area contributed by atoms with E-state index in [1.54, 1.807) is 0 Å². The number of esters is 1. The fourth-order valence-corrected chi connectivity index (χ4v) is 2.89. The molecule has 23 heavy (non-hydrogen) atoms. The van der Waals surface area contributed by atoms with E-state index in [2.05, 4.69) is 0 Å². The molecule has 3 rings (SSSR count). The molecule has 1 atom stereocenters. The average Bonchev–Trinajstić information content (AvgIpc) is 2.81. The standard InChI is InChI=1S/C18H15NO4/c1-12-11-18(2,16-6-4-3-5-15(12)16)17(20)23-14-9-7-13(8-10-14)19(21)22/h3-11H,1-2H3. The molecule has 0 aromatic heterocycles. The van der Waals surface area contributed by atoms with Crippen molar-refractivity contribution in [3.05, 3.63) is 75.8 Å². The number of non-ortho nitro benzene ring substituents is 1. The van der Waals surface area contributed by atoms with Gasteiger partial charge in [-0.2, -0.15) is 0 Å². The molecule has 0 heterocycles. The molecule has 1 aliphatic carbocycles. The molecular formula is C18H15NO4. The van der Waals surface area contributed by atoms with E-state index in [-0.39, 0.29) is 11.4 Å². The summed E-state index contributed by atoms with van der Waals surface area (Å²) < 4.78 is 5.44. The predicted molar refractivity (Wildman–Crippen MR) is 86.2 cm³/mol. The van der Waals surface area contributed by atoms with Crippen molar-refractivity contribution in [3.63, 3.8) is 0 Å². The molecule has 2 aromatic carbocycles. The van der Waals surface area contributed by atoms with E-state index in [4.69, 9.17) is 4.74 Å². The minimum atomic E-state index is -0.859. The van der Waals surface area contributed by atoms with Crippen molar-refractivity contribution >= 4 is 17.2 Å². The van der Waals surface area contributed by atoms with Gasteiger partial charge in [-0.25, -0.2) is 0 Å².